The molecule has 0 bridgehead atoms. The number of amides is 2. The number of carbonyl (C=O) groups excluding carboxylic acids is 2. The molecule has 2 aliphatic heterocycles. The predicted octanol–water partition coefficient (Wildman–Crippen LogP) is 4.27. The van der Waals surface area contributed by atoms with Gasteiger partial charge in [0.15, 0.2) is 0 Å². The second-order valence-electron chi connectivity index (χ2n) is 12.4. The summed E-state index contributed by atoms with van der Waals surface area (Å²) in [6.45, 7) is 2.80. The van der Waals surface area contributed by atoms with Crippen LogP contribution in [0.5, 0.6) is 0 Å². The Balaban J connectivity index is 0.968. The number of anilines is 4. The van der Waals surface area contributed by atoms with Crippen molar-refractivity contribution in [3.8, 4) is 11.1 Å². The van der Waals surface area contributed by atoms with Gasteiger partial charge in [0.1, 0.15) is 11.9 Å². The minimum absolute atomic E-state index is 0.258. The molecular weight excluding hydrogens is 611 g/mol. The van der Waals surface area contributed by atoms with E-state index >= 15 is 4.39 Å². The Morgan fingerprint density at radius 1 is 0.854 bits per heavy atom. The number of hydrogen-bond acceptors (Lipinski definition) is 8. The van der Waals surface area contributed by atoms with Gasteiger partial charge < -0.3 is 25.4 Å². The number of piperidine rings is 1. The molecule has 2 amide bonds. The largest absolute Gasteiger partial charge is 0.398 e. The number of nitrogen functional groups attached to an aromatic ring is 1. The van der Waals surface area contributed by atoms with Crippen molar-refractivity contribution < 1.29 is 14.0 Å². The van der Waals surface area contributed by atoms with Crippen LogP contribution < -0.4 is 31.7 Å². The SMILES string of the molecule is Cn1c2cc(-c3ccc(N4CCN(c5ccc(NC6CCC(=O)NC6=O)cc5F)CC4)cc3)ccc2n2c3cccc(N)c3c(=O)nc12. The highest BCUT2D eigenvalue weighted by Crippen LogP contribution is 2.31. The van der Waals surface area contributed by atoms with Crippen LogP contribution in [0.3, 0.4) is 0 Å². The molecule has 2 aromatic heterocycles. The summed E-state index contributed by atoms with van der Waals surface area (Å²) < 4.78 is 19.1. The van der Waals surface area contributed by atoms with Crippen LogP contribution >= 0.6 is 0 Å². The third-order valence-corrected chi connectivity index (χ3v) is 9.52. The zero-order chi connectivity index (χ0) is 33.1. The standard InChI is InChI=1S/C36H33FN8O3/c1-42-31-19-22(7-12-29(31)45-30-4-2-3-26(38)33(30)35(48)41-36(42)45)21-5-9-24(10-6-21)43-15-17-44(18-16-43)28-13-8-23(20-25(28)37)39-27-11-14-32(46)40-34(27)47/h2-10,12-13,19-20,27,39H,11,14-18,38H2,1H3,(H,40,46,47). The Labute approximate surface area is 274 Å². The smallest absolute Gasteiger partial charge is 0.284 e. The number of carbonyl (C=O) groups is 2. The first-order chi connectivity index (χ1) is 23.2. The predicted molar refractivity (Wildman–Crippen MR) is 186 cm³/mol. The van der Waals surface area contributed by atoms with E-state index in [-0.39, 0.29) is 29.6 Å². The third-order valence-electron chi connectivity index (χ3n) is 9.52. The molecule has 242 valence electrons. The first-order valence-corrected chi connectivity index (χ1v) is 15.9. The molecule has 11 nitrogen and oxygen atoms in total. The summed E-state index contributed by atoms with van der Waals surface area (Å²) in [5.74, 6) is -0.470. The van der Waals surface area contributed by atoms with Gasteiger partial charge in [-0.15, -0.1) is 0 Å². The van der Waals surface area contributed by atoms with Crippen molar-refractivity contribution >= 4 is 62.3 Å². The van der Waals surface area contributed by atoms with E-state index in [0.29, 0.717) is 47.7 Å². The first kappa shape index (κ1) is 29.5. The summed E-state index contributed by atoms with van der Waals surface area (Å²) in [5, 5.41) is 5.78. The molecule has 4 N–H and O–H groups in total. The van der Waals surface area contributed by atoms with Crippen LogP contribution in [0.1, 0.15) is 12.8 Å². The average Bonchev–Trinajstić information content (AvgIpc) is 3.37. The van der Waals surface area contributed by atoms with Gasteiger partial charge in [0.25, 0.3) is 5.56 Å². The van der Waals surface area contributed by atoms with E-state index in [1.807, 2.05) is 33.0 Å². The van der Waals surface area contributed by atoms with Crippen LogP contribution in [0.4, 0.5) is 27.1 Å². The number of halogens is 1. The lowest BCUT2D eigenvalue weighted by molar-refractivity contribution is -0.133. The lowest BCUT2D eigenvalue weighted by Crippen LogP contribution is -2.47. The topological polar surface area (TPSA) is 130 Å². The summed E-state index contributed by atoms with van der Waals surface area (Å²) >= 11 is 0. The van der Waals surface area contributed by atoms with Crippen molar-refractivity contribution in [3.05, 3.63) is 95.0 Å². The fraction of sp³-hybridized carbons (Fsp3) is 0.222. The molecule has 48 heavy (non-hydrogen) atoms. The van der Waals surface area contributed by atoms with Gasteiger partial charge in [-0.2, -0.15) is 4.98 Å². The molecule has 0 saturated carbocycles. The maximum absolute atomic E-state index is 15.2. The van der Waals surface area contributed by atoms with Crippen molar-refractivity contribution in [2.24, 2.45) is 7.05 Å². The molecule has 0 spiro atoms. The Morgan fingerprint density at radius 3 is 2.35 bits per heavy atom. The van der Waals surface area contributed by atoms with Crippen LogP contribution in [-0.4, -0.2) is 58.0 Å². The van der Waals surface area contributed by atoms with Gasteiger partial charge in [0.2, 0.25) is 17.6 Å². The molecule has 0 aliphatic carbocycles. The van der Waals surface area contributed by atoms with Crippen LogP contribution in [-0.2, 0) is 16.6 Å². The van der Waals surface area contributed by atoms with Crippen LogP contribution in [0.2, 0.25) is 0 Å². The molecule has 2 saturated heterocycles. The number of nitrogens with one attached hydrogen (secondary N) is 2. The average molecular weight is 645 g/mol. The molecule has 8 rings (SSSR count). The minimum atomic E-state index is -0.561. The number of nitrogens with two attached hydrogens (primary N) is 1. The van der Waals surface area contributed by atoms with Crippen molar-refractivity contribution in [2.45, 2.75) is 18.9 Å². The van der Waals surface area contributed by atoms with Crippen molar-refractivity contribution in [1.29, 1.82) is 0 Å². The Hall–Kier alpha value is -5.91. The number of benzene rings is 4. The molecular formula is C36H33FN8O3. The molecule has 1 atom stereocenters. The van der Waals surface area contributed by atoms with E-state index in [1.165, 1.54) is 6.07 Å². The summed E-state index contributed by atoms with van der Waals surface area (Å²) in [6, 6.07) is 24.5. The summed E-state index contributed by atoms with van der Waals surface area (Å²) in [7, 11) is 1.91. The molecule has 2 aliphatic rings. The van der Waals surface area contributed by atoms with E-state index in [2.05, 4.69) is 63.0 Å². The number of fused-ring (bicyclic) bond motifs is 5. The number of aromatic nitrogens is 3. The van der Waals surface area contributed by atoms with E-state index in [9.17, 15) is 14.4 Å². The minimum Gasteiger partial charge on any atom is -0.398 e. The fourth-order valence-electron chi connectivity index (χ4n) is 6.97. The van der Waals surface area contributed by atoms with Crippen LogP contribution in [0.15, 0.2) is 83.7 Å². The van der Waals surface area contributed by atoms with Crippen molar-refractivity contribution in [2.75, 3.05) is 47.0 Å². The number of nitrogens with zero attached hydrogens (tertiary/aromatic N) is 5. The maximum Gasteiger partial charge on any atom is 0.284 e. The molecule has 6 aromatic rings. The van der Waals surface area contributed by atoms with E-state index < -0.39 is 6.04 Å². The van der Waals surface area contributed by atoms with Crippen LogP contribution in [0.25, 0.3) is 38.8 Å². The Bertz CT molecular complexity index is 2320. The second kappa shape index (κ2) is 11.4. The van der Waals surface area contributed by atoms with E-state index in [1.54, 1.807) is 18.2 Å². The lowest BCUT2D eigenvalue weighted by Gasteiger charge is -2.37. The summed E-state index contributed by atoms with van der Waals surface area (Å²) in [6.07, 6.45) is 0.639. The number of hydrogen-bond donors (Lipinski definition) is 3. The second-order valence-corrected chi connectivity index (χ2v) is 12.4. The van der Waals surface area contributed by atoms with Gasteiger partial charge in [-0.25, -0.2) is 4.39 Å². The molecule has 4 aromatic carbocycles. The Morgan fingerprint density at radius 2 is 1.60 bits per heavy atom. The van der Waals surface area contributed by atoms with Gasteiger partial charge >= 0.3 is 0 Å². The third kappa shape index (κ3) is 4.96. The van der Waals surface area contributed by atoms with Crippen molar-refractivity contribution in [3.63, 3.8) is 0 Å². The van der Waals surface area contributed by atoms with Gasteiger partial charge in [-0.3, -0.25) is 24.1 Å². The maximum atomic E-state index is 15.2. The van der Waals surface area contributed by atoms with Gasteiger partial charge in [-0.05, 0) is 72.1 Å². The normalized spacial score (nSPS) is 17.0. The zero-order valence-electron chi connectivity index (χ0n) is 26.2. The number of aryl methyl sites for hydroxylation is 1. The van der Waals surface area contributed by atoms with E-state index in [0.717, 1.165) is 46.5 Å². The van der Waals surface area contributed by atoms with Gasteiger partial charge in [-0.1, -0.05) is 24.3 Å². The highest BCUT2D eigenvalue weighted by molar-refractivity contribution is 6.01. The van der Waals surface area contributed by atoms with Gasteiger partial charge in [0.05, 0.1) is 27.6 Å². The zero-order valence-corrected chi connectivity index (χ0v) is 26.2. The molecule has 4 heterocycles. The molecule has 1 unspecified atom stereocenters. The highest BCUT2D eigenvalue weighted by atomic mass is 19.1. The number of piperazine rings is 1. The van der Waals surface area contributed by atoms with E-state index in [4.69, 9.17) is 5.73 Å². The lowest BCUT2D eigenvalue weighted by atomic mass is 10.0. The molecule has 0 radical (unpaired) electrons. The summed E-state index contributed by atoms with van der Waals surface area (Å²) in [5.41, 5.74) is 13.1. The highest BCUT2D eigenvalue weighted by Gasteiger charge is 2.27. The van der Waals surface area contributed by atoms with Gasteiger partial charge in [0, 0.05) is 56.7 Å². The number of imidazole rings is 1. The number of rotatable bonds is 5. The summed E-state index contributed by atoms with van der Waals surface area (Å²) in [4.78, 5) is 45.0. The number of imide groups is 1. The molecule has 12 heteroatoms. The fourth-order valence-corrected chi connectivity index (χ4v) is 6.97. The molecule has 2 fully saturated rings. The monoisotopic (exact) mass is 644 g/mol. The van der Waals surface area contributed by atoms with Crippen molar-refractivity contribution in [1.82, 2.24) is 19.3 Å². The van der Waals surface area contributed by atoms with Crippen LogP contribution in [0, 0.1) is 5.82 Å². The first-order valence-electron chi connectivity index (χ1n) is 15.9. The quantitative estimate of drug-likeness (QED) is 0.188. The Kier molecular flexibility index (Phi) is 7.01.